The van der Waals surface area contributed by atoms with Gasteiger partial charge in [0, 0.05) is 23.8 Å². The van der Waals surface area contributed by atoms with E-state index in [2.05, 4.69) is 46.4 Å². The molecule has 2 aromatic rings. The molecule has 17 heavy (non-hydrogen) atoms. The number of nitrogens with zero attached hydrogens (tertiary/aromatic N) is 2. The molecule has 0 spiro atoms. The second-order valence-electron chi connectivity index (χ2n) is 4.17. The maximum absolute atomic E-state index is 4.51. The zero-order valence-electron chi connectivity index (χ0n) is 10.6. The van der Waals surface area contributed by atoms with Crippen LogP contribution < -0.4 is 5.32 Å². The molecule has 0 aromatic carbocycles. The minimum Gasteiger partial charge on any atom is -0.333 e. The highest BCUT2D eigenvalue weighted by Gasteiger charge is 2.19. The van der Waals surface area contributed by atoms with Crippen molar-refractivity contribution in [2.24, 2.45) is 0 Å². The highest BCUT2D eigenvalue weighted by atomic mass is 32.1. The monoisotopic (exact) mass is 249 g/mol. The smallest absolute Gasteiger partial charge is 0.131 e. The van der Waals surface area contributed by atoms with Crippen molar-refractivity contribution in [3.8, 4) is 0 Å². The maximum atomic E-state index is 4.51. The number of aryl methyl sites for hydroxylation is 2. The molecule has 0 aliphatic carbocycles. The van der Waals surface area contributed by atoms with Gasteiger partial charge in [0.2, 0.25) is 0 Å². The van der Waals surface area contributed by atoms with Crippen molar-refractivity contribution in [3.63, 3.8) is 0 Å². The fourth-order valence-electron chi connectivity index (χ4n) is 2.07. The van der Waals surface area contributed by atoms with Crippen molar-refractivity contribution in [1.29, 1.82) is 0 Å². The van der Waals surface area contributed by atoms with Crippen molar-refractivity contribution in [2.75, 3.05) is 7.05 Å². The topological polar surface area (TPSA) is 29.9 Å². The molecule has 4 heteroatoms. The molecule has 1 atom stereocenters. The Morgan fingerprint density at radius 1 is 1.53 bits per heavy atom. The van der Waals surface area contributed by atoms with E-state index < -0.39 is 0 Å². The number of thiophene rings is 1. The SMILES string of the molecule is CCCn1ccnc1C(NC)c1sccc1C. The van der Waals surface area contributed by atoms with E-state index in [4.69, 9.17) is 0 Å². The lowest BCUT2D eigenvalue weighted by Gasteiger charge is -2.17. The Hall–Kier alpha value is -1.13. The van der Waals surface area contributed by atoms with Crippen molar-refractivity contribution in [2.45, 2.75) is 32.9 Å². The summed E-state index contributed by atoms with van der Waals surface area (Å²) in [4.78, 5) is 5.87. The maximum Gasteiger partial charge on any atom is 0.131 e. The first-order valence-electron chi connectivity index (χ1n) is 6.00. The van der Waals surface area contributed by atoms with Crippen molar-refractivity contribution >= 4 is 11.3 Å². The predicted octanol–water partition coefficient (Wildman–Crippen LogP) is 2.97. The standard InChI is InChI=1S/C13H19N3S/c1-4-7-16-8-6-15-13(16)11(14-3)12-10(2)5-9-17-12/h5-6,8-9,11,14H,4,7H2,1-3H3. The van der Waals surface area contributed by atoms with Gasteiger partial charge in [0.05, 0.1) is 0 Å². The summed E-state index contributed by atoms with van der Waals surface area (Å²) < 4.78 is 2.24. The van der Waals surface area contributed by atoms with Gasteiger partial charge in [-0.2, -0.15) is 0 Å². The number of rotatable bonds is 5. The first-order chi connectivity index (χ1) is 8.27. The molecule has 3 nitrogen and oxygen atoms in total. The zero-order valence-corrected chi connectivity index (χ0v) is 11.4. The fourth-order valence-corrected chi connectivity index (χ4v) is 3.10. The van der Waals surface area contributed by atoms with E-state index in [0.717, 1.165) is 18.8 Å². The van der Waals surface area contributed by atoms with Crippen LogP contribution >= 0.6 is 11.3 Å². The van der Waals surface area contributed by atoms with E-state index in [1.807, 2.05) is 13.2 Å². The first kappa shape index (κ1) is 12.3. The zero-order chi connectivity index (χ0) is 12.3. The molecular weight excluding hydrogens is 230 g/mol. The van der Waals surface area contributed by atoms with Crippen LogP contribution in [-0.4, -0.2) is 16.6 Å². The molecule has 0 amide bonds. The average Bonchev–Trinajstić information content (AvgIpc) is 2.92. The van der Waals surface area contributed by atoms with Crippen LogP contribution in [0.1, 0.15) is 35.7 Å². The van der Waals surface area contributed by atoms with E-state index in [0.29, 0.717) is 0 Å². The summed E-state index contributed by atoms with van der Waals surface area (Å²) in [6.07, 6.45) is 5.08. The summed E-state index contributed by atoms with van der Waals surface area (Å²) in [5, 5.41) is 5.51. The molecule has 2 aromatic heterocycles. The Morgan fingerprint density at radius 2 is 2.35 bits per heavy atom. The summed E-state index contributed by atoms with van der Waals surface area (Å²) in [5.74, 6) is 1.11. The van der Waals surface area contributed by atoms with Crippen LogP contribution in [0.15, 0.2) is 23.8 Å². The largest absolute Gasteiger partial charge is 0.333 e. The molecule has 0 bridgehead atoms. The number of hydrogen-bond donors (Lipinski definition) is 1. The summed E-state index contributed by atoms with van der Waals surface area (Å²) in [6.45, 7) is 5.37. The van der Waals surface area contributed by atoms with Crippen LogP contribution in [0.4, 0.5) is 0 Å². The van der Waals surface area contributed by atoms with E-state index in [1.54, 1.807) is 11.3 Å². The van der Waals surface area contributed by atoms with Gasteiger partial charge in [-0.1, -0.05) is 6.92 Å². The lowest BCUT2D eigenvalue weighted by Crippen LogP contribution is -2.21. The fraction of sp³-hybridized carbons (Fsp3) is 0.462. The van der Waals surface area contributed by atoms with Gasteiger partial charge in [-0.25, -0.2) is 4.98 Å². The van der Waals surface area contributed by atoms with E-state index in [9.17, 15) is 0 Å². The Morgan fingerprint density at radius 3 is 2.94 bits per heavy atom. The van der Waals surface area contributed by atoms with Gasteiger partial charge >= 0.3 is 0 Å². The Balaban J connectivity index is 2.35. The molecule has 0 saturated heterocycles. The molecule has 1 N–H and O–H groups in total. The third-order valence-corrected chi connectivity index (χ3v) is 4.01. The normalized spacial score (nSPS) is 12.9. The lowest BCUT2D eigenvalue weighted by atomic mass is 10.1. The molecule has 0 fully saturated rings. The lowest BCUT2D eigenvalue weighted by molar-refractivity contribution is 0.572. The second kappa shape index (κ2) is 5.47. The number of imidazole rings is 1. The number of aromatic nitrogens is 2. The van der Waals surface area contributed by atoms with Crippen molar-refractivity contribution in [1.82, 2.24) is 14.9 Å². The molecule has 92 valence electrons. The quantitative estimate of drug-likeness (QED) is 0.883. The van der Waals surface area contributed by atoms with E-state index >= 15 is 0 Å². The summed E-state index contributed by atoms with van der Waals surface area (Å²) >= 11 is 1.79. The molecular formula is C13H19N3S. The van der Waals surface area contributed by atoms with Gasteiger partial charge in [-0.15, -0.1) is 11.3 Å². The number of nitrogens with one attached hydrogen (secondary N) is 1. The van der Waals surface area contributed by atoms with Crippen LogP contribution in [0, 0.1) is 6.92 Å². The molecule has 0 aliphatic heterocycles. The van der Waals surface area contributed by atoms with E-state index in [1.165, 1.54) is 10.4 Å². The van der Waals surface area contributed by atoms with Crippen molar-refractivity contribution < 1.29 is 0 Å². The minimum atomic E-state index is 0.205. The highest BCUT2D eigenvalue weighted by Crippen LogP contribution is 2.28. The second-order valence-corrected chi connectivity index (χ2v) is 5.12. The van der Waals surface area contributed by atoms with Crippen LogP contribution in [0.2, 0.25) is 0 Å². The molecule has 1 unspecified atom stereocenters. The van der Waals surface area contributed by atoms with Crippen LogP contribution in [0.5, 0.6) is 0 Å². The van der Waals surface area contributed by atoms with Gasteiger partial charge in [-0.05, 0) is 37.4 Å². The Kier molecular flexibility index (Phi) is 3.97. The van der Waals surface area contributed by atoms with Gasteiger partial charge < -0.3 is 9.88 Å². The number of hydrogen-bond acceptors (Lipinski definition) is 3. The summed E-state index contributed by atoms with van der Waals surface area (Å²) in [6, 6.07) is 2.37. The van der Waals surface area contributed by atoms with Gasteiger partial charge in [0.1, 0.15) is 11.9 Å². The van der Waals surface area contributed by atoms with Crippen LogP contribution in [-0.2, 0) is 6.54 Å². The summed E-state index contributed by atoms with van der Waals surface area (Å²) in [5.41, 5.74) is 1.33. The van der Waals surface area contributed by atoms with Gasteiger partial charge in [-0.3, -0.25) is 0 Å². The van der Waals surface area contributed by atoms with Crippen molar-refractivity contribution in [3.05, 3.63) is 40.1 Å². The molecule has 0 radical (unpaired) electrons. The highest BCUT2D eigenvalue weighted by molar-refractivity contribution is 7.10. The first-order valence-corrected chi connectivity index (χ1v) is 6.88. The predicted molar refractivity (Wildman–Crippen MR) is 72.5 cm³/mol. The third kappa shape index (κ3) is 2.42. The van der Waals surface area contributed by atoms with Crippen LogP contribution in [0.25, 0.3) is 0 Å². The Bertz CT molecular complexity index is 472. The Labute approximate surface area is 107 Å². The molecule has 2 rings (SSSR count). The minimum absolute atomic E-state index is 0.205. The molecule has 2 heterocycles. The molecule has 0 saturated carbocycles. The van der Waals surface area contributed by atoms with E-state index in [-0.39, 0.29) is 6.04 Å². The van der Waals surface area contributed by atoms with Gasteiger partial charge in [0.15, 0.2) is 0 Å². The van der Waals surface area contributed by atoms with Gasteiger partial charge in [0.25, 0.3) is 0 Å². The third-order valence-electron chi connectivity index (χ3n) is 2.92. The summed E-state index contributed by atoms with van der Waals surface area (Å²) in [7, 11) is 1.99. The molecule has 0 aliphatic rings. The van der Waals surface area contributed by atoms with Crippen LogP contribution in [0.3, 0.4) is 0 Å². The average molecular weight is 249 g/mol.